The molecular formula is C5H11BrO4. The molecule has 4 nitrogen and oxygen atoms in total. The highest BCUT2D eigenvalue weighted by Crippen LogP contribution is 2.24. The van der Waals surface area contributed by atoms with Gasteiger partial charge in [-0.05, 0) is 0 Å². The number of rotatable bonds is 4. The minimum Gasteiger partial charge on any atom is -0.395 e. The Morgan fingerprint density at radius 2 is 1.40 bits per heavy atom. The minimum absolute atomic E-state index is 0.466. The molecule has 4 N–H and O–H groups in total. The van der Waals surface area contributed by atoms with E-state index in [0.29, 0.717) is 0 Å². The molecule has 0 aromatic carbocycles. The summed E-state index contributed by atoms with van der Waals surface area (Å²) >= 11 is 2.75. The van der Waals surface area contributed by atoms with Crippen molar-refractivity contribution in [3.63, 3.8) is 0 Å². The molecule has 0 saturated carbocycles. The first-order chi connectivity index (χ1) is 4.63. The third-order valence-electron chi connectivity index (χ3n) is 1.45. The van der Waals surface area contributed by atoms with E-state index in [-0.39, 0.29) is 0 Å². The fraction of sp³-hybridized carbons (Fsp3) is 1.00. The maximum absolute atomic E-state index is 8.90. The summed E-state index contributed by atoms with van der Waals surface area (Å²) in [5.74, 6) is 0. The number of aliphatic hydroxyl groups is 4. The van der Waals surface area contributed by atoms with E-state index in [0.717, 1.165) is 0 Å². The molecule has 62 valence electrons. The minimum atomic E-state index is -1.24. The van der Waals surface area contributed by atoms with E-state index in [2.05, 4.69) is 15.9 Å². The summed E-state index contributed by atoms with van der Waals surface area (Å²) in [7, 11) is 0. The second-order valence-corrected chi connectivity index (χ2v) is 3.04. The standard InChI is InChI=1S/C5H11BrO4/c6-4(10)5(1-7,2-8)3-9/h4,7-10H,1-3H2. The van der Waals surface area contributed by atoms with Crippen molar-refractivity contribution in [2.24, 2.45) is 5.41 Å². The number of aliphatic hydroxyl groups excluding tert-OH is 4. The van der Waals surface area contributed by atoms with Gasteiger partial charge in [-0.25, -0.2) is 0 Å². The molecule has 1 unspecified atom stereocenters. The lowest BCUT2D eigenvalue weighted by molar-refractivity contribution is -0.0446. The van der Waals surface area contributed by atoms with Gasteiger partial charge in [0.15, 0.2) is 0 Å². The van der Waals surface area contributed by atoms with Crippen LogP contribution in [0.15, 0.2) is 0 Å². The van der Waals surface area contributed by atoms with Crippen LogP contribution >= 0.6 is 15.9 Å². The van der Waals surface area contributed by atoms with Gasteiger partial charge >= 0.3 is 0 Å². The lowest BCUT2D eigenvalue weighted by Gasteiger charge is -2.28. The van der Waals surface area contributed by atoms with E-state index in [4.69, 9.17) is 20.4 Å². The van der Waals surface area contributed by atoms with Crippen molar-refractivity contribution in [2.75, 3.05) is 19.8 Å². The molecule has 0 spiro atoms. The second-order valence-electron chi connectivity index (χ2n) is 2.17. The lowest BCUT2D eigenvalue weighted by atomic mass is 9.93. The molecule has 0 aromatic rings. The molecule has 0 aliphatic heterocycles. The van der Waals surface area contributed by atoms with Crippen molar-refractivity contribution >= 4 is 15.9 Å². The lowest BCUT2D eigenvalue weighted by Crippen LogP contribution is -2.42. The highest BCUT2D eigenvalue weighted by Gasteiger charge is 2.34. The quantitative estimate of drug-likeness (QED) is 0.438. The van der Waals surface area contributed by atoms with E-state index >= 15 is 0 Å². The van der Waals surface area contributed by atoms with Crippen molar-refractivity contribution in [1.29, 1.82) is 0 Å². The van der Waals surface area contributed by atoms with Crippen LogP contribution in [0, 0.1) is 5.41 Å². The zero-order valence-electron chi connectivity index (χ0n) is 5.37. The van der Waals surface area contributed by atoms with Crippen LogP contribution in [0.1, 0.15) is 0 Å². The Kier molecular flexibility index (Phi) is 4.39. The Morgan fingerprint density at radius 1 is 1.10 bits per heavy atom. The van der Waals surface area contributed by atoms with Gasteiger partial charge in [0.2, 0.25) is 0 Å². The SMILES string of the molecule is OCC(CO)(CO)C(O)Br. The summed E-state index contributed by atoms with van der Waals surface area (Å²) in [6.07, 6.45) is 0. The van der Waals surface area contributed by atoms with Crippen LogP contribution in [0.5, 0.6) is 0 Å². The Balaban J connectivity index is 4.15. The van der Waals surface area contributed by atoms with Crippen LogP contribution in [-0.2, 0) is 0 Å². The topological polar surface area (TPSA) is 80.9 Å². The van der Waals surface area contributed by atoms with E-state index in [1.165, 1.54) is 0 Å². The molecule has 5 heteroatoms. The maximum Gasteiger partial charge on any atom is 0.121 e. The summed E-state index contributed by atoms with van der Waals surface area (Å²) in [6.45, 7) is -1.40. The monoisotopic (exact) mass is 214 g/mol. The van der Waals surface area contributed by atoms with E-state index in [9.17, 15) is 0 Å². The molecule has 1 atom stereocenters. The molecule has 0 saturated heterocycles. The van der Waals surface area contributed by atoms with Gasteiger partial charge in [-0.15, -0.1) is 0 Å². The van der Waals surface area contributed by atoms with Crippen LogP contribution in [0.2, 0.25) is 0 Å². The Bertz CT molecular complexity index is 83.4. The Labute approximate surface area is 67.2 Å². The number of alkyl halides is 1. The van der Waals surface area contributed by atoms with Gasteiger partial charge in [-0.1, -0.05) is 15.9 Å². The average molecular weight is 215 g/mol. The van der Waals surface area contributed by atoms with Gasteiger partial charge < -0.3 is 20.4 Å². The molecule has 0 bridgehead atoms. The summed E-state index contributed by atoms with van der Waals surface area (Å²) < 4.78 is 0. The fourth-order valence-corrected chi connectivity index (χ4v) is 0.810. The van der Waals surface area contributed by atoms with Gasteiger partial charge in [-0.2, -0.15) is 0 Å². The number of halogens is 1. The van der Waals surface area contributed by atoms with E-state index in [1.54, 1.807) is 0 Å². The first kappa shape index (κ1) is 10.3. The molecule has 0 radical (unpaired) electrons. The summed E-state index contributed by atoms with van der Waals surface area (Å²) in [5.41, 5.74) is -1.24. The molecule has 0 fully saturated rings. The van der Waals surface area contributed by atoms with Crippen molar-refractivity contribution in [3.8, 4) is 0 Å². The third-order valence-corrected chi connectivity index (χ3v) is 2.42. The number of hydrogen-bond acceptors (Lipinski definition) is 4. The first-order valence-corrected chi connectivity index (χ1v) is 3.69. The van der Waals surface area contributed by atoms with Crippen molar-refractivity contribution < 1.29 is 20.4 Å². The van der Waals surface area contributed by atoms with Gasteiger partial charge in [0, 0.05) is 0 Å². The van der Waals surface area contributed by atoms with Crippen LogP contribution in [0.3, 0.4) is 0 Å². The molecule has 10 heavy (non-hydrogen) atoms. The maximum atomic E-state index is 8.90. The zero-order valence-corrected chi connectivity index (χ0v) is 6.95. The van der Waals surface area contributed by atoms with Gasteiger partial charge in [0.05, 0.1) is 25.2 Å². The first-order valence-electron chi connectivity index (χ1n) is 2.77. The van der Waals surface area contributed by atoms with Gasteiger partial charge in [0.25, 0.3) is 0 Å². The highest BCUT2D eigenvalue weighted by atomic mass is 79.9. The summed E-state index contributed by atoms with van der Waals surface area (Å²) in [4.78, 5) is 0. The molecule has 0 amide bonds. The fourth-order valence-electron chi connectivity index (χ4n) is 0.376. The number of hydrogen-bond donors (Lipinski definition) is 4. The molecular weight excluding hydrogens is 204 g/mol. The van der Waals surface area contributed by atoms with E-state index in [1.807, 2.05) is 0 Å². The van der Waals surface area contributed by atoms with Gasteiger partial charge in [0.1, 0.15) is 5.01 Å². The largest absolute Gasteiger partial charge is 0.395 e. The average Bonchev–Trinajstić information content (AvgIpc) is 1.92. The summed E-state index contributed by atoms with van der Waals surface area (Å²) in [5, 5.41) is 33.7. The zero-order chi connectivity index (χ0) is 8.20. The van der Waals surface area contributed by atoms with Crippen molar-refractivity contribution in [3.05, 3.63) is 0 Å². The Morgan fingerprint density at radius 3 is 1.40 bits per heavy atom. The predicted molar refractivity (Wildman–Crippen MR) is 38.6 cm³/mol. The molecule has 0 aliphatic rings. The normalized spacial score (nSPS) is 15.3. The van der Waals surface area contributed by atoms with Crippen molar-refractivity contribution in [1.82, 2.24) is 0 Å². The summed E-state index contributed by atoms with van der Waals surface area (Å²) in [6, 6.07) is 0. The Hall–Kier alpha value is 0.320. The van der Waals surface area contributed by atoms with E-state index < -0.39 is 30.2 Å². The smallest absolute Gasteiger partial charge is 0.121 e. The van der Waals surface area contributed by atoms with Crippen LogP contribution in [0.4, 0.5) is 0 Å². The van der Waals surface area contributed by atoms with Crippen LogP contribution < -0.4 is 0 Å². The molecule has 0 aromatic heterocycles. The molecule has 0 heterocycles. The van der Waals surface area contributed by atoms with Crippen LogP contribution in [0.25, 0.3) is 0 Å². The third kappa shape index (κ3) is 1.90. The van der Waals surface area contributed by atoms with Crippen LogP contribution in [-0.4, -0.2) is 45.3 Å². The van der Waals surface area contributed by atoms with Crippen molar-refractivity contribution in [2.45, 2.75) is 5.01 Å². The van der Waals surface area contributed by atoms with Gasteiger partial charge in [-0.3, -0.25) is 0 Å². The molecule has 0 rings (SSSR count). The molecule has 0 aliphatic carbocycles. The highest BCUT2D eigenvalue weighted by molar-refractivity contribution is 9.09. The predicted octanol–water partition coefficient (Wildman–Crippen LogP) is -1.34. The second kappa shape index (κ2) is 4.25.